The zero-order chi connectivity index (χ0) is 24.8. The second-order valence-electron chi connectivity index (χ2n) is 5.67. The number of carbonyl (C=O) groups is 2. The third kappa shape index (κ3) is 6.67. The molecule has 0 radical (unpaired) electrons. The fourth-order valence-corrected chi connectivity index (χ4v) is 2.33. The predicted octanol–water partition coefficient (Wildman–Crippen LogP) is 3.48. The molecule has 0 bridgehead atoms. The Morgan fingerprint density at radius 2 is 1.43 bits per heavy atom. The molecule has 1 unspecified atom stereocenters. The van der Waals surface area contributed by atoms with Crippen LogP contribution in [0.2, 0.25) is 0 Å². The lowest BCUT2D eigenvalue weighted by molar-refractivity contribution is -0.144. The van der Waals surface area contributed by atoms with Crippen LogP contribution in [0.15, 0.2) is 48.5 Å². The van der Waals surface area contributed by atoms with Crippen LogP contribution >= 0.6 is 0 Å². The molecule has 0 aliphatic heterocycles. The molecule has 4 heteroatoms. The van der Waals surface area contributed by atoms with Crippen molar-refractivity contribution in [1.29, 1.82) is 0 Å². The van der Waals surface area contributed by atoms with Crippen LogP contribution in [-0.2, 0) is 22.5 Å². The van der Waals surface area contributed by atoms with Crippen LogP contribution in [0.4, 0.5) is 0 Å². The molecule has 4 nitrogen and oxygen atoms in total. The summed E-state index contributed by atoms with van der Waals surface area (Å²) in [7, 11) is 0. The first-order valence-electron chi connectivity index (χ1n) is 11.0. The Balaban J connectivity index is 2.41. The zero-order valence-corrected chi connectivity index (χ0v) is 15.6. The minimum atomic E-state index is -3.20. The fraction of sp³-hybridized carbons (Fsp3) is 0.250. The van der Waals surface area contributed by atoms with Crippen molar-refractivity contribution in [3.63, 3.8) is 0 Å². The molecule has 142 valence electrons. The number of benzene rings is 2. The molecule has 0 aliphatic carbocycles. The van der Waals surface area contributed by atoms with Crippen molar-refractivity contribution in [1.82, 2.24) is 4.90 Å². The van der Waals surface area contributed by atoms with Crippen LogP contribution < -0.4 is 0 Å². The minimum Gasteiger partial charge on any atom is -0.480 e. The number of hydrogen-bond donors (Lipinski definition) is 1. The molecule has 0 saturated carbocycles. The smallest absolute Gasteiger partial charge is 0.323 e. The minimum absolute atomic E-state index is 0.174. The number of hydrogen-bond acceptors (Lipinski definition) is 2. The van der Waals surface area contributed by atoms with Crippen LogP contribution in [-0.4, -0.2) is 28.4 Å². The number of aryl methyl sites for hydroxylation is 1. The van der Waals surface area contributed by atoms with E-state index in [1.165, 1.54) is 12.1 Å². The molecule has 1 atom stereocenters. The second kappa shape index (κ2) is 10.6. The first kappa shape index (κ1) is 14.5. The van der Waals surface area contributed by atoms with E-state index in [2.05, 4.69) is 23.7 Å². The number of nitrogens with zero attached hydrogens (tertiary/aromatic N) is 1. The molecular formula is C24H23NO3. The topological polar surface area (TPSA) is 57.6 Å². The maximum atomic E-state index is 13.2. The highest BCUT2D eigenvalue weighted by Gasteiger charge is 2.17. The van der Waals surface area contributed by atoms with Crippen molar-refractivity contribution < 1.29 is 21.5 Å². The van der Waals surface area contributed by atoms with E-state index in [1.54, 1.807) is 50.2 Å². The number of carboxylic acid groups (broad SMARTS) is 1. The van der Waals surface area contributed by atoms with Gasteiger partial charge >= 0.3 is 5.97 Å². The van der Waals surface area contributed by atoms with E-state index in [4.69, 9.17) is 6.85 Å². The lowest BCUT2D eigenvalue weighted by Crippen LogP contribution is -2.35. The fourth-order valence-electron chi connectivity index (χ4n) is 2.33. The van der Waals surface area contributed by atoms with Crippen molar-refractivity contribution in [3.8, 4) is 23.7 Å². The summed E-state index contributed by atoms with van der Waals surface area (Å²) in [5, 5.41) is 9.39. The van der Waals surface area contributed by atoms with Gasteiger partial charge < -0.3 is 10.0 Å². The van der Waals surface area contributed by atoms with Crippen LogP contribution in [0, 0.1) is 23.7 Å². The standard InChI is InChI=1S/C24H23NO3/c1-3-5-19-7-9-21(10-8-19)15-16-23(26)25(18-24(27)28)17-22-13-11-20(6-4-2)12-14-22/h7-14H,15-18H2,1-2H3,(H,27,28)/i15D,16D2,18D2. The molecule has 0 aromatic heterocycles. The number of rotatable bonds is 7. The highest BCUT2D eigenvalue weighted by atomic mass is 16.4. The Labute approximate surface area is 173 Å². The summed E-state index contributed by atoms with van der Waals surface area (Å²) in [5.74, 6) is 7.73. The normalized spacial score (nSPS) is 14.3. The van der Waals surface area contributed by atoms with Crippen LogP contribution in [0.1, 0.15) is 49.3 Å². The summed E-state index contributed by atoms with van der Waals surface area (Å²) >= 11 is 0. The molecule has 2 rings (SSSR count). The van der Waals surface area contributed by atoms with Crippen molar-refractivity contribution >= 4 is 11.9 Å². The Morgan fingerprint density at radius 3 is 1.89 bits per heavy atom. The van der Waals surface area contributed by atoms with E-state index >= 15 is 0 Å². The van der Waals surface area contributed by atoms with Crippen molar-refractivity contribution in [2.24, 2.45) is 0 Å². The molecule has 0 saturated heterocycles. The molecule has 0 fully saturated rings. The van der Waals surface area contributed by atoms with Crippen LogP contribution in [0.5, 0.6) is 0 Å². The van der Waals surface area contributed by atoms with Gasteiger partial charge in [-0.1, -0.05) is 36.1 Å². The molecule has 1 N–H and O–H groups in total. The summed E-state index contributed by atoms with van der Waals surface area (Å²) in [4.78, 5) is 25.1. The first-order valence-corrected chi connectivity index (χ1v) is 8.47. The lowest BCUT2D eigenvalue weighted by Gasteiger charge is -2.21. The molecule has 0 spiro atoms. The zero-order valence-electron chi connectivity index (χ0n) is 20.6. The van der Waals surface area contributed by atoms with Gasteiger partial charge in [-0.25, -0.2) is 0 Å². The van der Waals surface area contributed by atoms with Gasteiger partial charge in [0.2, 0.25) is 5.91 Å². The molecular weight excluding hydrogens is 350 g/mol. The highest BCUT2D eigenvalue weighted by Crippen LogP contribution is 2.11. The molecule has 2 aromatic rings. The molecule has 28 heavy (non-hydrogen) atoms. The van der Waals surface area contributed by atoms with E-state index in [0.29, 0.717) is 21.6 Å². The lowest BCUT2D eigenvalue weighted by atomic mass is 10.1. The molecule has 0 heterocycles. The summed E-state index contributed by atoms with van der Waals surface area (Å²) < 4.78 is 40.8. The van der Waals surface area contributed by atoms with E-state index in [0.717, 1.165) is 0 Å². The number of carboxylic acids is 1. The van der Waals surface area contributed by atoms with Gasteiger partial charge in [-0.15, -0.1) is 11.8 Å². The van der Waals surface area contributed by atoms with Gasteiger partial charge in [0, 0.05) is 28.2 Å². The Hall–Kier alpha value is -3.50. The van der Waals surface area contributed by atoms with Gasteiger partial charge in [0.15, 0.2) is 0 Å². The van der Waals surface area contributed by atoms with Gasteiger partial charge in [0.1, 0.15) is 6.50 Å². The van der Waals surface area contributed by atoms with Crippen molar-refractivity contribution in [2.75, 3.05) is 6.50 Å². The molecule has 1 amide bonds. The molecule has 0 aliphatic rings. The quantitative estimate of drug-likeness (QED) is 0.751. The number of carbonyl (C=O) groups excluding carboxylic acids is 1. The highest BCUT2D eigenvalue weighted by molar-refractivity contribution is 5.81. The Kier molecular flexibility index (Phi) is 5.51. The predicted molar refractivity (Wildman–Crippen MR) is 109 cm³/mol. The van der Waals surface area contributed by atoms with Crippen molar-refractivity contribution in [3.05, 3.63) is 70.8 Å². The van der Waals surface area contributed by atoms with Crippen LogP contribution in [0.3, 0.4) is 0 Å². The summed E-state index contributed by atoms with van der Waals surface area (Å²) in [6.45, 7) is -0.379. The summed E-state index contributed by atoms with van der Waals surface area (Å²) in [6, 6.07) is 12.5. The van der Waals surface area contributed by atoms with Gasteiger partial charge in [-0.05, 0) is 55.6 Å². The number of aliphatic carboxylic acids is 1. The third-order valence-corrected chi connectivity index (χ3v) is 3.58. The Bertz CT molecular complexity index is 1140. The maximum Gasteiger partial charge on any atom is 0.323 e. The van der Waals surface area contributed by atoms with E-state index < -0.39 is 37.7 Å². The van der Waals surface area contributed by atoms with E-state index in [-0.39, 0.29) is 5.56 Å². The summed E-state index contributed by atoms with van der Waals surface area (Å²) in [6.07, 6.45) is -4.63. The van der Waals surface area contributed by atoms with Crippen molar-refractivity contribution in [2.45, 2.75) is 33.2 Å². The van der Waals surface area contributed by atoms with Crippen LogP contribution in [0.25, 0.3) is 0 Å². The van der Waals surface area contributed by atoms with Gasteiger partial charge in [0.05, 0.1) is 2.74 Å². The second-order valence-corrected chi connectivity index (χ2v) is 5.67. The first-order chi connectivity index (χ1) is 15.4. The largest absolute Gasteiger partial charge is 0.480 e. The third-order valence-electron chi connectivity index (χ3n) is 3.58. The van der Waals surface area contributed by atoms with Gasteiger partial charge in [-0.2, -0.15) is 0 Å². The maximum absolute atomic E-state index is 13.2. The average molecular weight is 378 g/mol. The summed E-state index contributed by atoms with van der Waals surface area (Å²) in [5.41, 5.74) is 1.89. The van der Waals surface area contributed by atoms with E-state index in [1.807, 2.05) is 0 Å². The average Bonchev–Trinajstić information content (AvgIpc) is 2.78. The Morgan fingerprint density at radius 1 is 0.929 bits per heavy atom. The van der Waals surface area contributed by atoms with Gasteiger partial charge in [0.25, 0.3) is 0 Å². The SMILES string of the molecule is [2H]C(c1ccc(C#CC)cc1)C([2H])([2H])C(=O)N(Cc1ccc(C#CC)cc1)C([2H])([2H])C(=O)O. The molecule has 2 aromatic carbocycles. The monoisotopic (exact) mass is 378 g/mol. The number of amides is 1. The van der Waals surface area contributed by atoms with E-state index in [9.17, 15) is 14.7 Å². The van der Waals surface area contributed by atoms with Gasteiger partial charge in [-0.3, -0.25) is 9.59 Å².